The van der Waals surface area contributed by atoms with E-state index in [-0.39, 0.29) is 13.2 Å². The summed E-state index contributed by atoms with van der Waals surface area (Å²) in [6.45, 7) is 5.73. The minimum atomic E-state index is -1.78. The van der Waals surface area contributed by atoms with Crippen molar-refractivity contribution in [1.29, 1.82) is 0 Å². The van der Waals surface area contributed by atoms with Gasteiger partial charge >= 0.3 is 12.1 Å². The largest absolute Gasteiger partial charge is 0.444 e. The van der Waals surface area contributed by atoms with Crippen LogP contribution in [0.2, 0.25) is 0 Å². The van der Waals surface area contributed by atoms with Crippen LogP contribution in [0, 0.1) is 0 Å². The molecular weight excluding hydrogens is 833 g/mol. The van der Waals surface area contributed by atoms with E-state index in [0.29, 0.717) is 23.4 Å². The van der Waals surface area contributed by atoms with Crippen molar-refractivity contribution in [3.8, 4) is 0 Å². The van der Waals surface area contributed by atoms with E-state index in [4.69, 9.17) is 15.2 Å². The SMILES string of the molecule is CCCCCCCCCCCCCCCCCCNC(=O)N(CCCCCCCCCCCCCCCCCC)[C@@H]1O[C@H](CO)[C@@H](O)[C@H](O)[C@H]1N(C(=O)OCc1ccccc1)C(=O)[C@H](C)N. The average molecular weight is 931 g/mol. The van der Waals surface area contributed by atoms with E-state index in [1.165, 1.54) is 166 Å². The van der Waals surface area contributed by atoms with E-state index >= 15 is 0 Å². The summed E-state index contributed by atoms with van der Waals surface area (Å²) in [6.07, 6.45) is 32.0. The molecule has 2 rings (SSSR count). The van der Waals surface area contributed by atoms with Gasteiger partial charge < -0.3 is 35.8 Å². The molecule has 1 aliphatic rings. The highest BCUT2D eigenvalue weighted by Crippen LogP contribution is 2.30. The molecule has 0 unspecified atom stereocenters. The maximum Gasteiger partial charge on any atom is 0.417 e. The third-order valence-corrected chi connectivity index (χ3v) is 13.3. The molecule has 1 aromatic rings. The Morgan fingerprint density at radius 1 is 0.636 bits per heavy atom. The van der Waals surface area contributed by atoms with Crippen LogP contribution in [0.1, 0.15) is 232 Å². The van der Waals surface area contributed by atoms with Crippen LogP contribution < -0.4 is 11.1 Å². The number of imide groups is 1. The van der Waals surface area contributed by atoms with Gasteiger partial charge in [-0.15, -0.1) is 0 Å². The summed E-state index contributed by atoms with van der Waals surface area (Å²) in [6, 6.07) is 5.72. The number of unbranched alkanes of at least 4 members (excludes halogenated alkanes) is 30. The summed E-state index contributed by atoms with van der Waals surface area (Å²) < 4.78 is 11.8. The van der Waals surface area contributed by atoms with E-state index < -0.39 is 61.3 Å². The lowest BCUT2D eigenvalue weighted by Crippen LogP contribution is -2.71. The fourth-order valence-corrected chi connectivity index (χ4v) is 9.13. The number of rotatable bonds is 40. The topological polar surface area (TPSA) is 175 Å². The van der Waals surface area contributed by atoms with Crippen molar-refractivity contribution in [3.63, 3.8) is 0 Å². The van der Waals surface area contributed by atoms with Crippen LogP contribution in [0.25, 0.3) is 0 Å². The van der Waals surface area contributed by atoms with Crippen molar-refractivity contribution in [3.05, 3.63) is 35.9 Å². The van der Waals surface area contributed by atoms with Crippen molar-refractivity contribution in [1.82, 2.24) is 15.1 Å². The maximum absolute atomic E-state index is 14.2. The van der Waals surface area contributed by atoms with Gasteiger partial charge in [-0.05, 0) is 25.3 Å². The Morgan fingerprint density at radius 3 is 1.45 bits per heavy atom. The lowest BCUT2D eigenvalue weighted by atomic mass is 9.93. The molecule has 6 atom stereocenters. The molecule has 0 spiro atoms. The van der Waals surface area contributed by atoms with Crippen LogP contribution in [-0.4, -0.2) is 99.5 Å². The molecule has 382 valence electrons. The van der Waals surface area contributed by atoms with Crippen molar-refractivity contribution in [2.75, 3.05) is 19.7 Å². The second kappa shape index (κ2) is 39.1. The molecule has 1 heterocycles. The van der Waals surface area contributed by atoms with Crippen molar-refractivity contribution in [2.45, 2.75) is 269 Å². The van der Waals surface area contributed by atoms with Gasteiger partial charge in [0.1, 0.15) is 31.0 Å². The van der Waals surface area contributed by atoms with Gasteiger partial charge in [-0.3, -0.25) is 9.69 Å². The quantitative estimate of drug-likeness (QED) is 0.0401. The van der Waals surface area contributed by atoms with Gasteiger partial charge in [0, 0.05) is 13.1 Å². The van der Waals surface area contributed by atoms with Gasteiger partial charge in [-0.2, -0.15) is 0 Å². The lowest BCUT2D eigenvalue weighted by Gasteiger charge is -2.49. The number of urea groups is 1. The fourth-order valence-electron chi connectivity index (χ4n) is 9.13. The predicted molar refractivity (Wildman–Crippen MR) is 268 cm³/mol. The first-order chi connectivity index (χ1) is 32.2. The Hall–Kier alpha value is -2.77. The summed E-state index contributed by atoms with van der Waals surface area (Å²) in [5, 5.41) is 36.1. The zero-order chi connectivity index (χ0) is 48.0. The second-order valence-electron chi connectivity index (χ2n) is 19.3. The van der Waals surface area contributed by atoms with E-state index in [2.05, 4.69) is 19.2 Å². The van der Waals surface area contributed by atoms with E-state index in [1.807, 2.05) is 6.07 Å². The molecule has 1 saturated heterocycles. The Kier molecular flexibility index (Phi) is 35.2. The summed E-state index contributed by atoms with van der Waals surface area (Å²) in [5.41, 5.74) is 6.74. The van der Waals surface area contributed by atoms with Crippen LogP contribution in [0.3, 0.4) is 0 Å². The number of aliphatic hydroxyl groups excluding tert-OH is 3. The van der Waals surface area contributed by atoms with Gasteiger partial charge in [0.05, 0.1) is 12.6 Å². The Labute approximate surface area is 401 Å². The normalized spacial score (nSPS) is 18.8. The van der Waals surface area contributed by atoms with Crippen LogP contribution in [0.5, 0.6) is 0 Å². The number of hydrogen-bond acceptors (Lipinski definition) is 9. The highest BCUT2D eigenvalue weighted by molar-refractivity contribution is 5.95. The molecule has 0 aliphatic carbocycles. The monoisotopic (exact) mass is 931 g/mol. The molecule has 66 heavy (non-hydrogen) atoms. The number of carbonyl (C=O) groups excluding carboxylic acids is 3. The first-order valence-corrected chi connectivity index (χ1v) is 27.1. The Morgan fingerprint density at radius 2 is 1.05 bits per heavy atom. The standard InChI is InChI=1S/C54H98N4O8/c1-4-6-8-10-12-14-16-18-20-22-24-26-28-30-32-37-41-56-53(63)57(42-38-33-31-29-27-25-23-21-19-17-15-13-11-9-7-5-2)52-48(50(61)49(60)47(43-59)66-52)58(51(62)45(3)55)54(64)65-44-46-39-35-34-36-40-46/h34-36,39-40,45,47-50,52,59-61H,4-33,37-38,41-44,55H2,1-3H3,(H,56,63)/t45-,47+,48+,49+,50+,52+/m0/s1. The van der Waals surface area contributed by atoms with Crippen LogP contribution in [0.15, 0.2) is 30.3 Å². The highest BCUT2D eigenvalue weighted by Gasteiger charge is 2.53. The summed E-state index contributed by atoms with van der Waals surface area (Å²) in [7, 11) is 0. The Balaban J connectivity index is 2.01. The van der Waals surface area contributed by atoms with Crippen LogP contribution in [-0.2, 0) is 20.9 Å². The molecule has 12 heteroatoms. The maximum atomic E-state index is 14.2. The molecule has 0 bridgehead atoms. The first kappa shape index (κ1) is 59.4. The molecule has 12 nitrogen and oxygen atoms in total. The number of benzene rings is 1. The van der Waals surface area contributed by atoms with Gasteiger partial charge in [-0.1, -0.05) is 237 Å². The van der Waals surface area contributed by atoms with Crippen molar-refractivity contribution < 1.29 is 39.2 Å². The third-order valence-electron chi connectivity index (χ3n) is 13.3. The number of hydrogen-bond donors (Lipinski definition) is 5. The molecule has 1 aliphatic heterocycles. The van der Waals surface area contributed by atoms with Gasteiger partial charge in [0.15, 0.2) is 6.23 Å². The number of ether oxygens (including phenoxy) is 2. The molecule has 0 radical (unpaired) electrons. The molecule has 4 amide bonds. The van der Waals surface area contributed by atoms with Gasteiger partial charge in [0.2, 0.25) is 5.91 Å². The average Bonchev–Trinajstić information content (AvgIpc) is 3.32. The fraction of sp³-hybridized carbons (Fsp3) is 0.833. The molecule has 0 aromatic heterocycles. The van der Waals surface area contributed by atoms with Crippen molar-refractivity contribution in [2.24, 2.45) is 5.73 Å². The summed E-state index contributed by atoms with van der Waals surface area (Å²) >= 11 is 0. The molecule has 1 aromatic carbocycles. The minimum Gasteiger partial charge on any atom is -0.444 e. The molecule has 1 fully saturated rings. The van der Waals surface area contributed by atoms with Gasteiger partial charge in [-0.25, -0.2) is 14.5 Å². The van der Waals surface area contributed by atoms with E-state index in [0.717, 1.165) is 44.9 Å². The Bertz CT molecular complexity index is 1340. The molecule has 0 saturated carbocycles. The number of aliphatic hydroxyl groups is 3. The minimum absolute atomic E-state index is 0.165. The molecule has 6 N–H and O–H groups in total. The van der Waals surface area contributed by atoms with Crippen molar-refractivity contribution >= 4 is 18.0 Å². The first-order valence-electron chi connectivity index (χ1n) is 27.1. The van der Waals surface area contributed by atoms with Crippen LogP contribution in [0.4, 0.5) is 9.59 Å². The molecular formula is C54H98N4O8. The highest BCUT2D eigenvalue weighted by atomic mass is 16.6. The van der Waals surface area contributed by atoms with Gasteiger partial charge in [0.25, 0.3) is 0 Å². The number of nitrogens with zero attached hydrogens (tertiary/aromatic N) is 2. The zero-order valence-corrected chi connectivity index (χ0v) is 42.2. The smallest absolute Gasteiger partial charge is 0.417 e. The van der Waals surface area contributed by atoms with E-state index in [1.54, 1.807) is 24.3 Å². The summed E-state index contributed by atoms with van der Waals surface area (Å²) in [4.78, 5) is 44.0. The predicted octanol–water partition coefficient (Wildman–Crippen LogP) is 11.8. The number of nitrogens with one attached hydrogen (secondary N) is 1. The van der Waals surface area contributed by atoms with E-state index in [9.17, 15) is 29.7 Å². The number of nitrogens with two attached hydrogens (primary N) is 1. The number of amides is 4. The lowest BCUT2D eigenvalue weighted by molar-refractivity contribution is -0.238. The zero-order valence-electron chi connectivity index (χ0n) is 42.2. The number of carbonyl (C=O) groups is 3. The second-order valence-corrected chi connectivity index (χ2v) is 19.3. The third kappa shape index (κ3) is 25.6. The summed E-state index contributed by atoms with van der Waals surface area (Å²) in [5.74, 6) is -0.865. The van der Waals surface area contributed by atoms with Crippen LogP contribution >= 0.6 is 0 Å².